The Hall–Kier alpha value is 0.714. The molecule has 0 aromatic carbocycles. The summed E-state index contributed by atoms with van der Waals surface area (Å²) in [5.41, 5.74) is 0.958. The summed E-state index contributed by atoms with van der Waals surface area (Å²) in [4.78, 5) is 0. The minimum atomic E-state index is -3.05. The van der Waals surface area contributed by atoms with E-state index >= 15 is 0 Å². The molecule has 1 aliphatic rings. The Kier molecular flexibility index (Phi) is 7.04. The van der Waals surface area contributed by atoms with Crippen LogP contribution in [-0.4, -0.2) is 20.2 Å². The van der Waals surface area contributed by atoms with Crippen LogP contribution in [0.15, 0.2) is 15.7 Å². The van der Waals surface area contributed by atoms with Crippen molar-refractivity contribution in [1.29, 1.82) is 0 Å². The minimum absolute atomic E-state index is 0. The summed E-state index contributed by atoms with van der Waals surface area (Å²) in [6.07, 6.45) is 0.680. The zero-order valence-corrected chi connectivity index (χ0v) is 13.9. The predicted molar refractivity (Wildman–Crippen MR) is 68.7 cm³/mol. The van der Waals surface area contributed by atoms with Crippen LogP contribution in [-0.2, 0) is 42.5 Å². The van der Waals surface area contributed by atoms with Gasteiger partial charge >= 0.3 is 0 Å². The zero-order valence-electron chi connectivity index (χ0n) is 9.43. The van der Waals surface area contributed by atoms with Crippen molar-refractivity contribution in [2.75, 3.05) is 6.54 Å². The molecule has 0 aliphatic carbocycles. The van der Waals surface area contributed by atoms with Gasteiger partial charge in [0.05, 0.1) is 5.25 Å². The molecule has 0 spiro atoms. The standard InChI is InChI=1S/C10H15NO2S2.CH4.Y/c1-3-11-9-6-7(2)15(12,13)10-8(9)4-5-14-10;;/h4-5,7,9,11H,3,6H2,1-2H3;1H4;/t7-,9-;;/m0../s1. The van der Waals surface area contributed by atoms with Gasteiger partial charge in [0.1, 0.15) is 4.21 Å². The third-order valence-corrected chi connectivity index (χ3v) is 6.55. The van der Waals surface area contributed by atoms with Crippen molar-refractivity contribution in [3.8, 4) is 0 Å². The third kappa shape index (κ3) is 3.18. The van der Waals surface area contributed by atoms with Crippen molar-refractivity contribution in [3.63, 3.8) is 0 Å². The SMILES string of the molecule is C.CCN[C@H]1C[C@H](C)S(=O)(=O)c2sccc21.[Y]. The normalized spacial score (nSPS) is 25.3. The molecule has 6 heteroatoms. The number of sulfone groups is 1. The summed E-state index contributed by atoms with van der Waals surface area (Å²) in [6.45, 7) is 4.70. The quantitative estimate of drug-likeness (QED) is 0.892. The van der Waals surface area contributed by atoms with Crippen molar-refractivity contribution in [1.82, 2.24) is 5.32 Å². The fourth-order valence-electron chi connectivity index (χ4n) is 2.00. The monoisotopic (exact) mass is 350 g/mol. The van der Waals surface area contributed by atoms with E-state index in [0.29, 0.717) is 10.6 Å². The van der Waals surface area contributed by atoms with Gasteiger partial charge in [-0.15, -0.1) is 11.3 Å². The molecule has 1 aromatic heterocycles. The van der Waals surface area contributed by atoms with Gasteiger partial charge in [-0.05, 0) is 36.9 Å². The van der Waals surface area contributed by atoms with E-state index in [-0.39, 0.29) is 51.4 Å². The number of fused-ring (bicyclic) bond motifs is 1. The fraction of sp³-hybridized carbons (Fsp3) is 0.636. The molecule has 2 atom stereocenters. The Labute approximate surface area is 133 Å². The average molecular weight is 350 g/mol. The van der Waals surface area contributed by atoms with Crippen LogP contribution >= 0.6 is 11.3 Å². The molecule has 17 heavy (non-hydrogen) atoms. The molecule has 0 amide bonds. The van der Waals surface area contributed by atoms with Crippen LogP contribution < -0.4 is 5.32 Å². The van der Waals surface area contributed by atoms with E-state index in [9.17, 15) is 8.42 Å². The molecule has 95 valence electrons. The molecule has 0 bridgehead atoms. The zero-order chi connectivity index (χ0) is 11.1. The van der Waals surface area contributed by atoms with Gasteiger partial charge in [-0.2, -0.15) is 0 Å². The van der Waals surface area contributed by atoms with E-state index in [4.69, 9.17) is 0 Å². The second-order valence-corrected chi connectivity index (χ2v) is 7.34. The Morgan fingerprint density at radius 3 is 2.76 bits per heavy atom. The van der Waals surface area contributed by atoms with Gasteiger partial charge in [0.25, 0.3) is 0 Å². The first kappa shape index (κ1) is 17.7. The molecule has 0 fully saturated rings. The molecule has 2 rings (SSSR count). The van der Waals surface area contributed by atoms with Crippen molar-refractivity contribution >= 4 is 21.2 Å². The molecular formula is C11H19NO2S2Y. The van der Waals surface area contributed by atoms with E-state index in [0.717, 1.165) is 12.1 Å². The van der Waals surface area contributed by atoms with Gasteiger partial charge in [-0.25, -0.2) is 8.42 Å². The van der Waals surface area contributed by atoms with E-state index < -0.39 is 9.84 Å². The summed E-state index contributed by atoms with van der Waals surface area (Å²) in [5.74, 6) is 0. The molecule has 0 saturated carbocycles. The van der Waals surface area contributed by atoms with Crippen LogP contribution in [0.25, 0.3) is 0 Å². The Balaban J connectivity index is 0.00000128. The maximum Gasteiger partial charge on any atom is 0.190 e. The number of nitrogens with one attached hydrogen (secondary N) is 1. The van der Waals surface area contributed by atoms with E-state index in [2.05, 4.69) is 5.32 Å². The predicted octanol–water partition coefficient (Wildman–Crippen LogP) is 2.60. The first-order valence-corrected chi connectivity index (χ1v) is 7.54. The second-order valence-electron chi connectivity index (χ2n) is 3.86. The topological polar surface area (TPSA) is 46.2 Å². The smallest absolute Gasteiger partial charge is 0.190 e. The first-order valence-electron chi connectivity index (χ1n) is 5.12. The van der Waals surface area contributed by atoms with Gasteiger partial charge in [0.15, 0.2) is 9.84 Å². The third-order valence-electron chi connectivity index (χ3n) is 2.84. The van der Waals surface area contributed by atoms with E-state index in [1.54, 1.807) is 6.92 Å². The first-order chi connectivity index (χ1) is 7.07. The van der Waals surface area contributed by atoms with Gasteiger partial charge < -0.3 is 5.32 Å². The molecule has 1 radical (unpaired) electrons. The van der Waals surface area contributed by atoms with Crippen LogP contribution in [0, 0.1) is 0 Å². The van der Waals surface area contributed by atoms with Crippen LogP contribution in [0.4, 0.5) is 0 Å². The van der Waals surface area contributed by atoms with E-state index in [1.807, 2.05) is 18.4 Å². The summed E-state index contributed by atoms with van der Waals surface area (Å²) in [6, 6.07) is 2.13. The van der Waals surface area contributed by atoms with Crippen LogP contribution in [0.5, 0.6) is 0 Å². The van der Waals surface area contributed by atoms with Crippen molar-refractivity contribution in [2.45, 2.75) is 43.2 Å². The van der Waals surface area contributed by atoms with Crippen LogP contribution in [0.2, 0.25) is 0 Å². The Morgan fingerprint density at radius 1 is 1.53 bits per heavy atom. The van der Waals surface area contributed by atoms with Crippen molar-refractivity contribution in [3.05, 3.63) is 17.0 Å². The van der Waals surface area contributed by atoms with Crippen molar-refractivity contribution in [2.24, 2.45) is 0 Å². The molecule has 2 heterocycles. The summed E-state index contributed by atoms with van der Waals surface area (Å²) >= 11 is 1.34. The molecule has 3 nitrogen and oxygen atoms in total. The van der Waals surface area contributed by atoms with Crippen LogP contribution in [0.1, 0.15) is 39.3 Å². The Morgan fingerprint density at radius 2 is 2.18 bits per heavy atom. The summed E-state index contributed by atoms with van der Waals surface area (Å²) < 4.78 is 24.6. The number of rotatable bonds is 2. The van der Waals surface area contributed by atoms with E-state index in [1.165, 1.54) is 11.3 Å². The van der Waals surface area contributed by atoms with Gasteiger partial charge in [0.2, 0.25) is 0 Å². The molecular weight excluding hydrogens is 331 g/mol. The minimum Gasteiger partial charge on any atom is -0.310 e. The fourth-order valence-corrected chi connectivity index (χ4v) is 5.23. The average Bonchev–Trinajstić information content (AvgIpc) is 2.64. The molecule has 0 saturated heterocycles. The maximum absolute atomic E-state index is 12.0. The van der Waals surface area contributed by atoms with Crippen LogP contribution in [0.3, 0.4) is 0 Å². The summed E-state index contributed by atoms with van der Waals surface area (Å²) in [5, 5.41) is 4.93. The molecule has 0 unspecified atom stereocenters. The number of thiophene rings is 1. The van der Waals surface area contributed by atoms with Crippen molar-refractivity contribution < 1.29 is 41.1 Å². The summed E-state index contributed by atoms with van der Waals surface area (Å²) in [7, 11) is -3.05. The molecule has 1 aromatic rings. The molecule has 1 N–H and O–H groups in total. The number of hydrogen-bond acceptors (Lipinski definition) is 4. The largest absolute Gasteiger partial charge is 0.310 e. The number of hydrogen-bond donors (Lipinski definition) is 1. The Bertz CT molecular complexity index is 456. The van der Waals surface area contributed by atoms with Gasteiger partial charge in [0, 0.05) is 38.8 Å². The van der Waals surface area contributed by atoms with Gasteiger partial charge in [-0.3, -0.25) is 0 Å². The van der Waals surface area contributed by atoms with Gasteiger partial charge in [-0.1, -0.05) is 14.4 Å². The molecule has 1 aliphatic heterocycles. The second kappa shape index (κ2) is 6.76. The maximum atomic E-state index is 12.0.